The summed E-state index contributed by atoms with van der Waals surface area (Å²) in [6, 6.07) is 9.16. The second-order valence-corrected chi connectivity index (χ2v) is 10.0. The van der Waals surface area contributed by atoms with E-state index in [2.05, 4.69) is 15.7 Å². The van der Waals surface area contributed by atoms with Gasteiger partial charge in [-0.3, -0.25) is 4.79 Å². The first-order chi connectivity index (χ1) is 16.9. The molecular weight excluding hydrogens is 511 g/mol. The first-order valence-electron chi connectivity index (χ1n) is 11.3. The van der Waals surface area contributed by atoms with Gasteiger partial charge in [-0.15, -0.1) is 0 Å². The quantitative estimate of drug-likeness (QED) is 0.354. The number of urea groups is 1. The highest BCUT2D eigenvalue weighted by atomic mass is 35.5. The van der Waals surface area contributed by atoms with E-state index in [1.54, 1.807) is 28.9 Å². The van der Waals surface area contributed by atoms with Crippen LogP contribution in [0.5, 0.6) is 0 Å². The van der Waals surface area contributed by atoms with Crippen molar-refractivity contribution in [2.75, 3.05) is 23.7 Å². The number of nitrogens with zero attached hydrogens (tertiary/aromatic N) is 3. The van der Waals surface area contributed by atoms with Crippen molar-refractivity contribution in [2.24, 2.45) is 0 Å². The maximum absolute atomic E-state index is 13.5. The molecule has 0 fully saturated rings. The normalized spacial score (nSPS) is 11.3. The van der Waals surface area contributed by atoms with Gasteiger partial charge in [0.05, 0.1) is 21.4 Å². The molecule has 2 aromatic carbocycles. The number of aromatic nitrogens is 2. The van der Waals surface area contributed by atoms with Crippen LogP contribution in [0.4, 0.5) is 25.1 Å². The van der Waals surface area contributed by atoms with E-state index in [-0.39, 0.29) is 24.2 Å². The van der Waals surface area contributed by atoms with Crippen molar-refractivity contribution in [1.82, 2.24) is 14.7 Å². The second-order valence-electron chi connectivity index (χ2n) is 9.20. The van der Waals surface area contributed by atoms with Gasteiger partial charge in [0.2, 0.25) is 5.91 Å². The van der Waals surface area contributed by atoms with Crippen LogP contribution in [0, 0.1) is 11.6 Å². The number of hydrogen-bond donors (Lipinski definition) is 2. The molecule has 0 spiro atoms. The van der Waals surface area contributed by atoms with Crippen molar-refractivity contribution in [3.8, 4) is 5.69 Å². The summed E-state index contributed by atoms with van der Waals surface area (Å²) in [7, 11) is 0. The molecule has 192 valence electrons. The van der Waals surface area contributed by atoms with E-state index < -0.39 is 23.6 Å². The summed E-state index contributed by atoms with van der Waals surface area (Å²) in [5.41, 5.74) is 1.09. The molecule has 36 heavy (non-hydrogen) atoms. The Hall–Kier alpha value is -3.17. The van der Waals surface area contributed by atoms with Crippen LogP contribution < -0.4 is 10.6 Å². The molecule has 0 aliphatic carbocycles. The summed E-state index contributed by atoms with van der Waals surface area (Å²) in [6.07, 6.45) is 0.577. The van der Waals surface area contributed by atoms with Gasteiger partial charge >= 0.3 is 6.03 Å². The van der Waals surface area contributed by atoms with Crippen molar-refractivity contribution in [1.29, 1.82) is 0 Å². The van der Waals surface area contributed by atoms with E-state index in [1.807, 2.05) is 27.7 Å². The molecule has 11 heteroatoms. The summed E-state index contributed by atoms with van der Waals surface area (Å²) >= 11 is 12.2. The number of benzene rings is 2. The van der Waals surface area contributed by atoms with Gasteiger partial charge in [-0.1, -0.05) is 50.9 Å². The van der Waals surface area contributed by atoms with Crippen molar-refractivity contribution in [2.45, 2.75) is 39.5 Å². The lowest BCUT2D eigenvalue weighted by Crippen LogP contribution is -2.41. The smallest absolute Gasteiger partial charge is 0.315 e. The molecule has 0 saturated carbocycles. The van der Waals surface area contributed by atoms with E-state index in [0.717, 1.165) is 17.8 Å². The lowest BCUT2D eigenvalue weighted by Gasteiger charge is -2.22. The van der Waals surface area contributed by atoms with Gasteiger partial charge in [-0.2, -0.15) is 5.10 Å². The zero-order valence-corrected chi connectivity index (χ0v) is 21.8. The summed E-state index contributed by atoms with van der Waals surface area (Å²) in [4.78, 5) is 27.0. The molecule has 0 atom stereocenters. The SMILES string of the molecule is CCCN(CC(=O)Nc1cc(C(C)(C)C)nn1-c1ccc(Cl)c(Cl)c1)C(=O)Nc1ccc(F)c(F)c1. The van der Waals surface area contributed by atoms with Gasteiger partial charge in [0.15, 0.2) is 11.6 Å². The maximum atomic E-state index is 13.5. The number of hydrogen-bond acceptors (Lipinski definition) is 3. The van der Waals surface area contributed by atoms with Crippen LogP contribution in [-0.4, -0.2) is 39.7 Å². The fourth-order valence-corrected chi connectivity index (χ4v) is 3.60. The molecule has 1 aromatic heterocycles. The molecule has 1 heterocycles. The Morgan fingerprint density at radius 2 is 1.72 bits per heavy atom. The first-order valence-corrected chi connectivity index (χ1v) is 12.0. The molecule has 2 N–H and O–H groups in total. The molecule has 0 saturated heterocycles. The monoisotopic (exact) mass is 537 g/mol. The molecule has 0 aliphatic rings. The average Bonchev–Trinajstić information content (AvgIpc) is 3.22. The third-order valence-corrected chi connectivity index (χ3v) is 5.92. The predicted octanol–water partition coefficient (Wildman–Crippen LogP) is 6.64. The molecular formula is C25H27Cl2F2N5O2. The van der Waals surface area contributed by atoms with Crippen LogP contribution in [0.1, 0.15) is 39.8 Å². The van der Waals surface area contributed by atoms with Crippen LogP contribution in [0.3, 0.4) is 0 Å². The van der Waals surface area contributed by atoms with E-state index in [4.69, 9.17) is 23.2 Å². The zero-order chi connectivity index (χ0) is 26.6. The van der Waals surface area contributed by atoms with E-state index in [0.29, 0.717) is 28.0 Å². The number of amides is 3. The highest BCUT2D eigenvalue weighted by Gasteiger charge is 2.23. The minimum absolute atomic E-state index is 0.0768. The Balaban J connectivity index is 1.81. The Labute approximate surface area is 218 Å². The summed E-state index contributed by atoms with van der Waals surface area (Å²) in [5.74, 6) is -2.19. The summed E-state index contributed by atoms with van der Waals surface area (Å²) < 4.78 is 28.3. The topological polar surface area (TPSA) is 79.3 Å². The van der Waals surface area contributed by atoms with Crippen LogP contribution in [0.15, 0.2) is 42.5 Å². The number of nitrogens with one attached hydrogen (secondary N) is 2. The molecule has 0 aliphatic heterocycles. The van der Waals surface area contributed by atoms with Crippen molar-refractivity contribution in [3.63, 3.8) is 0 Å². The fraction of sp³-hybridized carbons (Fsp3) is 0.320. The third-order valence-electron chi connectivity index (χ3n) is 5.18. The maximum Gasteiger partial charge on any atom is 0.322 e. The molecule has 0 unspecified atom stereocenters. The van der Waals surface area contributed by atoms with E-state index >= 15 is 0 Å². The molecule has 3 amide bonds. The lowest BCUT2D eigenvalue weighted by molar-refractivity contribution is -0.116. The number of carbonyl (C=O) groups excluding carboxylic acids is 2. The van der Waals surface area contributed by atoms with E-state index in [9.17, 15) is 18.4 Å². The molecule has 0 bridgehead atoms. The number of anilines is 2. The predicted molar refractivity (Wildman–Crippen MR) is 138 cm³/mol. The van der Waals surface area contributed by atoms with Crippen LogP contribution in [0.2, 0.25) is 10.0 Å². The molecule has 3 rings (SSSR count). The van der Waals surface area contributed by atoms with Gasteiger partial charge in [0.25, 0.3) is 0 Å². The Morgan fingerprint density at radius 3 is 2.33 bits per heavy atom. The molecule has 0 radical (unpaired) electrons. The number of halogens is 4. The summed E-state index contributed by atoms with van der Waals surface area (Å²) in [6.45, 7) is 7.82. The Bertz CT molecular complexity index is 1270. The van der Waals surface area contributed by atoms with Crippen molar-refractivity contribution in [3.05, 3.63) is 69.8 Å². The molecule has 3 aromatic rings. The van der Waals surface area contributed by atoms with Crippen LogP contribution in [0.25, 0.3) is 5.69 Å². The van der Waals surface area contributed by atoms with Crippen molar-refractivity contribution < 1.29 is 18.4 Å². The largest absolute Gasteiger partial charge is 0.322 e. The average molecular weight is 538 g/mol. The second kappa shape index (κ2) is 11.3. The summed E-state index contributed by atoms with van der Waals surface area (Å²) in [5, 5.41) is 10.7. The Kier molecular flexibility index (Phi) is 8.58. The minimum atomic E-state index is -1.09. The fourth-order valence-electron chi connectivity index (χ4n) is 3.30. The number of rotatable bonds is 7. The standard InChI is InChI=1S/C25H27Cl2F2N5O2/c1-5-10-33(24(36)30-15-6-9-19(28)20(29)11-15)14-23(35)31-22-13-21(25(2,3)4)32-34(22)16-7-8-17(26)18(27)12-16/h6-9,11-13H,5,10,14H2,1-4H3,(H,30,36)(H,31,35). The number of carbonyl (C=O) groups is 2. The molecule has 7 nitrogen and oxygen atoms in total. The highest BCUT2D eigenvalue weighted by molar-refractivity contribution is 6.42. The van der Waals surface area contributed by atoms with Crippen molar-refractivity contribution >= 4 is 46.6 Å². The van der Waals surface area contributed by atoms with Crippen LogP contribution in [-0.2, 0) is 10.2 Å². The third kappa shape index (κ3) is 6.73. The minimum Gasteiger partial charge on any atom is -0.315 e. The van der Waals surface area contributed by atoms with Gasteiger partial charge in [-0.25, -0.2) is 18.3 Å². The van der Waals surface area contributed by atoms with Crippen LogP contribution >= 0.6 is 23.2 Å². The van der Waals surface area contributed by atoms with Gasteiger partial charge in [-0.05, 0) is 36.8 Å². The van der Waals surface area contributed by atoms with Gasteiger partial charge in [0.1, 0.15) is 12.4 Å². The highest BCUT2D eigenvalue weighted by Crippen LogP contribution is 2.29. The first kappa shape index (κ1) is 27.4. The van der Waals surface area contributed by atoms with E-state index in [1.165, 1.54) is 11.0 Å². The zero-order valence-electron chi connectivity index (χ0n) is 20.3. The van der Waals surface area contributed by atoms with Gasteiger partial charge in [0, 0.05) is 29.8 Å². The lowest BCUT2D eigenvalue weighted by atomic mass is 9.92. The Morgan fingerprint density at radius 1 is 1.00 bits per heavy atom. The van der Waals surface area contributed by atoms with Gasteiger partial charge < -0.3 is 15.5 Å².